The molecular weight excluding hydrogens is 312 g/mol. The molecule has 0 bridgehead atoms. The lowest BCUT2D eigenvalue weighted by Gasteiger charge is -2.26. The lowest BCUT2D eigenvalue weighted by Crippen LogP contribution is -2.24. The number of benzene rings is 2. The van der Waals surface area contributed by atoms with E-state index in [1.54, 1.807) is 6.07 Å². The topological polar surface area (TPSA) is 34.1 Å². The van der Waals surface area contributed by atoms with Gasteiger partial charge < -0.3 is 0 Å². The summed E-state index contributed by atoms with van der Waals surface area (Å²) in [7, 11) is -3.16. The normalized spacial score (nSPS) is 22.6. The van der Waals surface area contributed by atoms with Gasteiger partial charge in [0.1, 0.15) is 0 Å². The van der Waals surface area contributed by atoms with E-state index in [0.29, 0.717) is 4.90 Å². The maximum atomic E-state index is 12.5. The first-order valence-corrected chi connectivity index (χ1v) is 10.4. The molecule has 2 aliphatic rings. The lowest BCUT2D eigenvalue weighted by atomic mass is 9.90. The van der Waals surface area contributed by atoms with Crippen molar-refractivity contribution in [1.82, 2.24) is 0 Å². The monoisotopic (exact) mass is 330 g/mol. The van der Waals surface area contributed by atoms with Crippen molar-refractivity contribution in [1.29, 1.82) is 0 Å². The molecule has 2 heterocycles. The Morgan fingerprint density at radius 2 is 1.86 bits per heavy atom. The predicted molar refractivity (Wildman–Crippen MR) is 91.2 cm³/mol. The van der Waals surface area contributed by atoms with Crippen molar-refractivity contribution in [2.75, 3.05) is 11.5 Å². The van der Waals surface area contributed by atoms with Gasteiger partial charge in [0.25, 0.3) is 0 Å². The van der Waals surface area contributed by atoms with Gasteiger partial charge in [-0.3, -0.25) is 0 Å². The summed E-state index contributed by atoms with van der Waals surface area (Å²) in [6, 6.07) is 14.0. The van der Waals surface area contributed by atoms with Gasteiger partial charge in [0.2, 0.25) is 0 Å². The highest BCUT2D eigenvalue weighted by Crippen LogP contribution is 2.35. The highest BCUT2D eigenvalue weighted by atomic mass is 32.2. The summed E-state index contributed by atoms with van der Waals surface area (Å²) in [5.41, 5.74) is 4.97. The molecule has 114 valence electrons. The number of hydrogen-bond donors (Lipinski definition) is 0. The quantitative estimate of drug-likeness (QED) is 0.801. The van der Waals surface area contributed by atoms with Crippen LogP contribution in [-0.2, 0) is 28.4 Å². The molecule has 0 aliphatic carbocycles. The van der Waals surface area contributed by atoms with Crippen LogP contribution in [0.3, 0.4) is 0 Å². The minimum Gasteiger partial charge on any atom is -0.224 e. The second-order valence-electron chi connectivity index (χ2n) is 6.12. The molecule has 0 saturated heterocycles. The molecule has 22 heavy (non-hydrogen) atoms. The van der Waals surface area contributed by atoms with Gasteiger partial charge in [-0.2, -0.15) is 11.8 Å². The molecule has 0 fully saturated rings. The third kappa shape index (κ3) is 2.48. The molecule has 0 spiro atoms. The van der Waals surface area contributed by atoms with E-state index in [-0.39, 0.29) is 11.7 Å². The van der Waals surface area contributed by atoms with E-state index in [1.165, 1.54) is 22.4 Å². The summed E-state index contributed by atoms with van der Waals surface area (Å²) in [4.78, 5) is 0.528. The maximum absolute atomic E-state index is 12.5. The van der Waals surface area contributed by atoms with E-state index in [1.807, 2.05) is 30.0 Å². The zero-order chi connectivity index (χ0) is 15.2. The highest BCUT2D eigenvalue weighted by molar-refractivity contribution is 7.98. The van der Waals surface area contributed by atoms with Gasteiger partial charge >= 0.3 is 0 Å². The van der Waals surface area contributed by atoms with E-state index in [0.717, 1.165) is 24.2 Å². The van der Waals surface area contributed by atoms with Gasteiger partial charge in [0.05, 0.1) is 10.6 Å². The van der Waals surface area contributed by atoms with E-state index in [9.17, 15) is 8.42 Å². The van der Waals surface area contributed by atoms with Crippen LogP contribution in [-0.4, -0.2) is 19.9 Å². The first-order valence-electron chi connectivity index (χ1n) is 7.63. The zero-order valence-electron chi connectivity index (χ0n) is 12.3. The third-order valence-electron chi connectivity index (χ3n) is 4.67. The molecule has 0 aromatic heterocycles. The molecular formula is C18H18O2S2. The van der Waals surface area contributed by atoms with Crippen LogP contribution in [0.25, 0.3) is 0 Å². The van der Waals surface area contributed by atoms with Crippen molar-refractivity contribution in [2.45, 2.75) is 29.4 Å². The zero-order valence-corrected chi connectivity index (χ0v) is 13.9. The lowest BCUT2D eigenvalue weighted by molar-refractivity contribution is 0.575. The Labute approximate surface area is 135 Å². The molecule has 2 aromatic carbocycles. The molecule has 4 rings (SSSR count). The van der Waals surface area contributed by atoms with Gasteiger partial charge in [0, 0.05) is 11.7 Å². The fraction of sp³-hybridized carbons (Fsp3) is 0.333. The number of rotatable bonds is 1. The Kier molecular flexibility index (Phi) is 3.54. The van der Waals surface area contributed by atoms with Gasteiger partial charge in [-0.1, -0.05) is 36.4 Å². The van der Waals surface area contributed by atoms with E-state index < -0.39 is 9.84 Å². The fourth-order valence-electron chi connectivity index (χ4n) is 3.51. The number of thioether (sulfide) groups is 1. The van der Waals surface area contributed by atoms with E-state index >= 15 is 0 Å². The van der Waals surface area contributed by atoms with Crippen LogP contribution in [0.15, 0.2) is 47.4 Å². The number of hydrogen-bond acceptors (Lipinski definition) is 3. The van der Waals surface area contributed by atoms with Crippen molar-refractivity contribution in [2.24, 2.45) is 0 Å². The van der Waals surface area contributed by atoms with Crippen molar-refractivity contribution in [3.63, 3.8) is 0 Å². The van der Waals surface area contributed by atoms with Gasteiger partial charge in [-0.25, -0.2) is 8.42 Å². The van der Waals surface area contributed by atoms with Crippen LogP contribution in [0.4, 0.5) is 0 Å². The molecule has 0 radical (unpaired) electrons. The van der Waals surface area contributed by atoms with Crippen LogP contribution in [0.1, 0.15) is 28.2 Å². The minimum absolute atomic E-state index is 0.0831. The predicted octanol–water partition coefficient (Wildman–Crippen LogP) is 3.59. The van der Waals surface area contributed by atoms with Crippen LogP contribution in [0.2, 0.25) is 0 Å². The summed E-state index contributed by atoms with van der Waals surface area (Å²) in [5.74, 6) is 2.57. The molecule has 1 unspecified atom stereocenters. The smallest absolute Gasteiger partial charge is 0.179 e. The molecule has 1 atom stereocenters. The van der Waals surface area contributed by atoms with Crippen molar-refractivity contribution in [3.8, 4) is 0 Å². The Balaban J connectivity index is 1.73. The standard InChI is InChI=1S/C18H18O2S2/c19-22(20)12-17(10-15-3-1-2-4-18(15)22)13-5-6-16-11-21-8-7-14(16)9-13/h1-6,9,17H,7-8,10-12H2. The van der Waals surface area contributed by atoms with E-state index in [4.69, 9.17) is 0 Å². The highest BCUT2D eigenvalue weighted by Gasteiger charge is 2.31. The molecule has 0 N–H and O–H groups in total. The Hall–Kier alpha value is -1.26. The molecule has 0 amide bonds. The van der Waals surface area contributed by atoms with Gasteiger partial charge in [-0.15, -0.1) is 0 Å². The number of aryl methyl sites for hydroxylation is 1. The first kappa shape index (κ1) is 14.3. The summed E-state index contributed by atoms with van der Waals surface area (Å²) in [6.07, 6.45) is 1.92. The van der Waals surface area contributed by atoms with Crippen LogP contribution >= 0.6 is 11.8 Å². The molecule has 2 nitrogen and oxygen atoms in total. The van der Waals surface area contributed by atoms with E-state index in [2.05, 4.69) is 18.2 Å². The van der Waals surface area contributed by atoms with Crippen LogP contribution < -0.4 is 0 Å². The minimum atomic E-state index is -3.16. The molecule has 2 aromatic rings. The summed E-state index contributed by atoms with van der Waals surface area (Å²) in [5, 5.41) is 0. The van der Waals surface area contributed by atoms with Crippen LogP contribution in [0, 0.1) is 0 Å². The largest absolute Gasteiger partial charge is 0.224 e. The molecule has 2 aliphatic heterocycles. The summed E-state index contributed by atoms with van der Waals surface area (Å²) >= 11 is 1.97. The third-order valence-corrected chi connectivity index (χ3v) is 7.59. The Bertz CT molecular complexity index is 825. The number of fused-ring (bicyclic) bond motifs is 2. The molecule has 0 saturated carbocycles. The average molecular weight is 330 g/mol. The van der Waals surface area contributed by atoms with Crippen molar-refractivity contribution >= 4 is 21.6 Å². The summed E-state index contributed by atoms with van der Waals surface area (Å²) in [6.45, 7) is 0. The average Bonchev–Trinajstić information content (AvgIpc) is 2.54. The van der Waals surface area contributed by atoms with Crippen molar-refractivity contribution in [3.05, 3.63) is 64.7 Å². The van der Waals surface area contributed by atoms with Gasteiger partial charge in [-0.05, 0) is 46.9 Å². The van der Waals surface area contributed by atoms with Crippen molar-refractivity contribution < 1.29 is 8.42 Å². The second-order valence-corrected chi connectivity index (χ2v) is 9.23. The van der Waals surface area contributed by atoms with Crippen LogP contribution in [0.5, 0.6) is 0 Å². The summed E-state index contributed by atoms with van der Waals surface area (Å²) < 4.78 is 25.1. The maximum Gasteiger partial charge on any atom is 0.179 e. The SMILES string of the molecule is O=S1(=O)CC(c2ccc3c(c2)CCSC3)Cc2ccccc21. The molecule has 4 heteroatoms. The first-order chi connectivity index (χ1) is 10.6. The number of sulfone groups is 1. The second kappa shape index (κ2) is 5.43. The Morgan fingerprint density at radius 1 is 1.00 bits per heavy atom. The fourth-order valence-corrected chi connectivity index (χ4v) is 6.37. The Morgan fingerprint density at radius 3 is 2.77 bits per heavy atom. The van der Waals surface area contributed by atoms with Gasteiger partial charge in [0.15, 0.2) is 9.84 Å².